The summed E-state index contributed by atoms with van der Waals surface area (Å²) >= 11 is 0. The van der Waals surface area contributed by atoms with Gasteiger partial charge in [0.1, 0.15) is 17.4 Å². The first-order valence-electron chi connectivity index (χ1n) is 12.9. The number of aliphatic hydroxyl groups is 1. The van der Waals surface area contributed by atoms with Gasteiger partial charge in [-0.25, -0.2) is 4.98 Å². The topological polar surface area (TPSA) is 84.4 Å². The molecule has 8 heteroatoms. The summed E-state index contributed by atoms with van der Waals surface area (Å²) < 4.78 is 17.3. The van der Waals surface area contributed by atoms with Crippen molar-refractivity contribution in [1.82, 2.24) is 14.8 Å². The fourth-order valence-electron chi connectivity index (χ4n) is 5.03. The summed E-state index contributed by atoms with van der Waals surface area (Å²) in [6.07, 6.45) is 3.76. The summed E-state index contributed by atoms with van der Waals surface area (Å²) in [5.74, 6) is 1.59. The van der Waals surface area contributed by atoms with Crippen LogP contribution < -0.4 is 9.47 Å². The van der Waals surface area contributed by atoms with Crippen LogP contribution in [0.3, 0.4) is 0 Å². The maximum Gasteiger partial charge on any atom is 0.259 e. The molecule has 1 fully saturated rings. The predicted molar refractivity (Wildman–Crippen MR) is 138 cm³/mol. The van der Waals surface area contributed by atoms with Crippen molar-refractivity contribution in [2.24, 2.45) is 11.8 Å². The van der Waals surface area contributed by atoms with Crippen LogP contribution in [0, 0.1) is 11.8 Å². The molecule has 1 aromatic heterocycles. The molecule has 3 heterocycles. The number of pyridine rings is 1. The molecule has 0 bridgehead atoms. The zero-order valence-electron chi connectivity index (χ0n) is 21.9. The second-order valence-electron chi connectivity index (χ2n) is 10.2. The van der Waals surface area contributed by atoms with Crippen LogP contribution in [0.15, 0.2) is 36.5 Å². The molecule has 0 unspecified atom stereocenters. The smallest absolute Gasteiger partial charge is 0.259 e. The van der Waals surface area contributed by atoms with E-state index in [0.717, 1.165) is 56.0 Å². The van der Waals surface area contributed by atoms with E-state index < -0.39 is 0 Å². The summed E-state index contributed by atoms with van der Waals surface area (Å²) in [6, 6.07) is 9.20. The van der Waals surface area contributed by atoms with E-state index in [9.17, 15) is 9.90 Å². The molecule has 2 aliphatic rings. The third-order valence-corrected chi connectivity index (χ3v) is 7.33. The fourth-order valence-corrected chi connectivity index (χ4v) is 5.03. The molecule has 0 saturated carbocycles. The summed E-state index contributed by atoms with van der Waals surface area (Å²) in [7, 11) is 3.76. The highest BCUT2D eigenvalue weighted by Gasteiger charge is 2.34. The number of likely N-dealkylation sites (N-methyl/N-ethyl adjacent to an activating group) is 1. The van der Waals surface area contributed by atoms with Gasteiger partial charge in [-0.3, -0.25) is 4.79 Å². The van der Waals surface area contributed by atoms with Crippen molar-refractivity contribution in [3.8, 4) is 22.8 Å². The second-order valence-corrected chi connectivity index (χ2v) is 10.2. The van der Waals surface area contributed by atoms with Crippen LogP contribution in [0.1, 0.15) is 37.0 Å². The lowest BCUT2D eigenvalue weighted by Crippen LogP contribution is -2.50. The molecule has 3 atom stereocenters. The number of carbonyl (C=O) groups excluding carboxylic acids is 1. The SMILES string of the molecule is COc1cccc(-c2cnc3c(c2)C(=O)N([C@@H](C)CO)C[C@@H](C)[C@@H](CN(C)CC2CCOCC2)O3)c1. The minimum Gasteiger partial charge on any atom is -0.497 e. The first-order chi connectivity index (χ1) is 17.4. The number of benzene rings is 1. The highest BCUT2D eigenvalue weighted by atomic mass is 16.5. The number of amides is 1. The standard InChI is InChI=1S/C28H39N3O5/c1-19-15-31(20(2)18-32)28(33)25-13-23(22-6-5-7-24(12-22)34-4)14-29-27(25)36-26(19)17-30(3)16-21-8-10-35-11-9-21/h5-7,12-14,19-21,26,32H,8-11,15-18H2,1-4H3/t19-,20+,26-/m1/s1. The minimum atomic E-state index is -0.313. The van der Waals surface area contributed by atoms with Crippen LogP contribution in [-0.2, 0) is 4.74 Å². The highest BCUT2D eigenvalue weighted by Crippen LogP contribution is 2.31. The first kappa shape index (κ1) is 26.4. The van der Waals surface area contributed by atoms with Gasteiger partial charge in [-0.15, -0.1) is 0 Å². The normalized spacial score (nSPS) is 21.9. The molecule has 36 heavy (non-hydrogen) atoms. The van der Waals surface area contributed by atoms with Gasteiger partial charge in [0.2, 0.25) is 5.88 Å². The maximum atomic E-state index is 13.7. The molecule has 1 saturated heterocycles. The van der Waals surface area contributed by atoms with Crippen molar-refractivity contribution in [2.45, 2.75) is 38.8 Å². The van der Waals surface area contributed by atoms with Gasteiger partial charge in [-0.05, 0) is 56.5 Å². The molecule has 8 nitrogen and oxygen atoms in total. The van der Waals surface area contributed by atoms with E-state index in [1.165, 1.54) is 0 Å². The van der Waals surface area contributed by atoms with Gasteiger partial charge >= 0.3 is 0 Å². The number of methoxy groups -OCH3 is 1. The van der Waals surface area contributed by atoms with Crippen LogP contribution >= 0.6 is 0 Å². The van der Waals surface area contributed by atoms with E-state index in [-0.39, 0.29) is 30.6 Å². The lowest BCUT2D eigenvalue weighted by molar-refractivity contribution is 0.0254. The Morgan fingerprint density at radius 2 is 2.00 bits per heavy atom. The molecule has 1 N–H and O–H groups in total. The van der Waals surface area contributed by atoms with Crippen molar-refractivity contribution in [1.29, 1.82) is 0 Å². The van der Waals surface area contributed by atoms with Crippen LogP contribution in [0.2, 0.25) is 0 Å². The number of hydrogen-bond donors (Lipinski definition) is 1. The number of nitrogens with zero attached hydrogens (tertiary/aromatic N) is 3. The van der Waals surface area contributed by atoms with E-state index in [1.54, 1.807) is 18.2 Å². The Morgan fingerprint density at radius 3 is 2.72 bits per heavy atom. The summed E-state index contributed by atoms with van der Waals surface area (Å²) in [6.45, 7) is 7.75. The molecule has 1 aromatic carbocycles. The molecule has 2 aliphatic heterocycles. The predicted octanol–water partition coefficient (Wildman–Crippen LogP) is 3.34. The van der Waals surface area contributed by atoms with Gasteiger partial charge in [0.05, 0.1) is 19.8 Å². The molecule has 0 spiro atoms. The van der Waals surface area contributed by atoms with Gasteiger partial charge in [0.25, 0.3) is 5.91 Å². The lowest BCUT2D eigenvalue weighted by Gasteiger charge is -2.38. The average Bonchev–Trinajstić information content (AvgIpc) is 2.90. The monoisotopic (exact) mass is 497 g/mol. The van der Waals surface area contributed by atoms with Gasteiger partial charge in [0.15, 0.2) is 0 Å². The quantitative estimate of drug-likeness (QED) is 0.599. The maximum absolute atomic E-state index is 13.7. The number of rotatable bonds is 8. The Kier molecular flexibility index (Phi) is 8.82. The Balaban J connectivity index is 1.63. The van der Waals surface area contributed by atoms with Crippen molar-refractivity contribution >= 4 is 5.91 Å². The van der Waals surface area contributed by atoms with Crippen molar-refractivity contribution in [2.75, 3.05) is 53.6 Å². The molecular weight excluding hydrogens is 458 g/mol. The minimum absolute atomic E-state index is 0.0631. The van der Waals surface area contributed by atoms with Crippen LogP contribution in [0.5, 0.6) is 11.6 Å². The number of aliphatic hydroxyl groups excluding tert-OH is 1. The molecule has 4 rings (SSSR count). The van der Waals surface area contributed by atoms with Crippen molar-refractivity contribution in [3.05, 3.63) is 42.1 Å². The molecule has 196 valence electrons. The molecule has 1 amide bonds. The Bertz CT molecular complexity index is 1030. The van der Waals surface area contributed by atoms with Crippen LogP contribution in [0.25, 0.3) is 11.1 Å². The van der Waals surface area contributed by atoms with E-state index in [4.69, 9.17) is 14.2 Å². The molecule has 2 aromatic rings. The van der Waals surface area contributed by atoms with Crippen molar-refractivity contribution < 1.29 is 24.1 Å². The van der Waals surface area contributed by atoms with E-state index in [2.05, 4.69) is 23.9 Å². The van der Waals surface area contributed by atoms with Gasteiger partial charge in [-0.2, -0.15) is 0 Å². The third kappa shape index (κ3) is 6.17. The Morgan fingerprint density at radius 1 is 1.22 bits per heavy atom. The Labute approximate surface area is 214 Å². The van der Waals surface area contributed by atoms with Crippen molar-refractivity contribution in [3.63, 3.8) is 0 Å². The number of fused-ring (bicyclic) bond motifs is 1. The van der Waals surface area contributed by atoms with Crippen LogP contribution in [-0.4, -0.2) is 91.6 Å². The van der Waals surface area contributed by atoms with E-state index in [1.807, 2.05) is 37.3 Å². The summed E-state index contributed by atoms with van der Waals surface area (Å²) in [5.41, 5.74) is 2.13. The van der Waals surface area contributed by atoms with Crippen LogP contribution in [0.4, 0.5) is 0 Å². The first-order valence-corrected chi connectivity index (χ1v) is 12.9. The fraction of sp³-hybridized carbons (Fsp3) is 0.571. The zero-order valence-corrected chi connectivity index (χ0v) is 21.9. The second kappa shape index (κ2) is 12.0. The average molecular weight is 498 g/mol. The number of hydrogen-bond acceptors (Lipinski definition) is 7. The number of ether oxygens (including phenoxy) is 3. The number of aromatic nitrogens is 1. The van der Waals surface area contributed by atoms with Gasteiger partial charge < -0.3 is 29.1 Å². The number of carbonyl (C=O) groups is 1. The van der Waals surface area contributed by atoms with Gasteiger partial charge in [0, 0.05) is 50.5 Å². The summed E-state index contributed by atoms with van der Waals surface area (Å²) in [5, 5.41) is 9.91. The largest absolute Gasteiger partial charge is 0.497 e. The molecule has 0 aliphatic carbocycles. The zero-order chi connectivity index (χ0) is 25.7. The summed E-state index contributed by atoms with van der Waals surface area (Å²) in [4.78, 5) is 22.4. The van der Waals surface area contributed by atoms with E-state index in [0.29, 0.717) is 23.9 Å². The Hall–Kier alpha value is -2.68. The molecule has 0 radical (unpaired) electrons. The third-order valence-electron chi connectivity index (χ3n) is 7.33. The highest BCUT2D eigenvalue weighted by molar-refractivity contribution is 5.98. The van der Waals surface area contributed by atoms with E-state index >= 15 is 0 Å². The lowest BCUT2D eigenvalue weighted by atomic mass is 9.97. The van der Waals surface area contributed by atoms with Gasteiger partial charge in [-0.1, -0.05) is 19.1 Å². The molecular formula is C28H39N3O5.